The van der Waals surface area contributed by atoms with Crippen LogP contribution < -0.4 is 4.90 Å². The lowest BCUT2D eigenvalue weighted by atomic mass is 9.66. The normalized spacial score (nSPS) is 15.3. The van der Waals surface area contributed by atoms with E-state index in [-0.39, 0.29) is 37.9 Å². The fourth-order valence-corrected chi connectivity index (χ4v) is 16.4. The standard InChI is InChI=1S/C91H99N/c1-21-89(22-2)71-49-62(83(3,4)5)43-46-68(71)80-74(89)52-65(86(12,13)14)55-77(80)92(78-56-66(87(15,16)17)53-75-81(78)69-47-44-63(84(6,7)8)50-72(69)90(75,58-35-27-23-28-36-58)59-37-29-24-30-38-59)79-57-67(88(18,19)20)54-76-82(79)70-48-45-64(85(9,10)11)51-73(70)91(76,60-39-31-25-32-40-60)61-41-33-26-34-42-61/h23-57H,21-22H2,1-20H3. The highest BCUT2D eigenvalue weighted by Gasteiger charge is 2.53. The van der Waals surface area contributed by atoms with Crippen molar-refractivity contribution in [3.05, 3.63) is 301 Å². The SMILES string of the molecule is CCC1(CC)c2cc(C(C)(C)C)ccc2-c2c(N(c3cc(C(C)(C)C)cc4c3-c3ccc(C(C)(C)C)cc3C4(c3ccccc3)c3ccccc3)c3cc(C(C)(C)C)cc4c3-c3ccc(C(C)(C)C)cc3C4(c3ccccc3)c3ccccc3)cc(C(C)(C)C)cc21. The minimum absolute atomic E-state index is 0.0428. The smallest absolute Gasteiger partial charge is 0.0714 e. The second kappa shape index (κ2) is 21.5. The molecule has 13 rings (SSSR count). The van der Waals surface area contributed by atoms with Crippen LogP contribution in [0, 0.1) is 0 Å². The minimum atomic E-state index is -0.693. The van der Waals surface area contributed by atoms with Gasteiger partial charge in [-0.05, 0) is 169 Å². The van der Waals surface area contributed by atoms with E-state index in [4.69, 9.17) is 0 Å². The summed E-state index contributed by atoms with van der Waals surface area (Å²) in [5.74, 6) is 0. The molecule has 3 aliphatic rings. The van der Waals surface area contributed by atoms with E-state index in [1.807, 2.05) is 0 Å². The highest BCUT2D eigenvalue weighted by molar-refractivity contribution is 6.06. The van der Waals surface area contributed by atoms with Crippen LogP contribution in [-0.2, 0) is 48.7 Å². The summed E-state index contributed by atoms with van der Waals surface area (Å²) >= 11 is 0. The van der Waals surface area contributed by atoms with Crippen molar-refractivity contribution in [3.63, 3.8) is 0 Å². The van der Waals surface area contributed by atoms with Gasteiger partial charge in [-0.25, -0.2) is 0 Å². The number of fused-ring (bicyclic) bond motifs is 9. The van der Waals surface area contributed by atoms with Gasteiger partial charge in [0.05, 0.1) is 27.9 Å². The molecule has 1 nitrogen and oxygen atoms in total. The predicted octanol–water partition coefficient (Wildman–Crippen LogP) is 24.8. The maximum Gasteiger partial charge on any atom is 0.0714 e. The molecule has 0 aromatic heterocycles. The molecule has 0 fully saturated rings. The van der Waals surface area contributed by atoms with Gasteiger partial charge in [0.15, 0.2) is 0 Å². The molecule has 0 unspecified atom stereocenters. The molecule has 0 atom stereocenters. The predicted molar refractivity (Wildman–Crippen MR) is 395 cm³/mol. The number of hydrogen-bond acceptors (Lipinski definition) is 1. The number of rotatable bonds is 9. The van der Waals surface area contributed by atoms with Crippen molar-refractivity contribution in [2.75, 3.05) is 4.90 Å². The van der Waals surface area contributed by atoms with Gasteiger partial charge in [-0.1, -0.05) is 333 Å². The summed E-state index contributed by atoms with van der Waals surface area (Å²) in [6.07, 6.45) is 1.96. The molecule has 10 aromatic carbocycles. The number of anilines is 3. The Morgan fingerprint density at radius 3 is 0.761 bits per heavy atom. The van der Waals surface area contributed by atoms with Crippen molar-refractivity contribution >= 4 is 17.1 Å². The van der Waals surface area contributed by atoms with Gasteiger partial charge in [-0.3, -0.25) is 0 Å². The molecule has 10 aromatic rings. The highest BCUT2D eigenvalue weighted by atomic mass is 15.2. The Kier molecular flexibility index (Phi) is 14.7. The Morgan fingerprint density at radius 1 is 0.250 bits per heavy atom. The fraction of sp³-hybridized carbons (Fsp3) is 0.341. The van der Waals surface area contributed by atoms with Gasteiger partial charge in [-0.15, -0.1) is 0 Å². The minimum Gasteiger partial charge on any atom is -0.309 e. The molecule has 468 valence electrons. The lowest BCUT2D eigenvalue weighted by Crippen LogP contribution is -2.30. The van der Waals surface area contributed by atoms with E-state index in [2.05, 4.69) is 356 Å². The van der Waals surface area contributed by atoms with Gasteiger partial charge in [0, 0.05) is 22.1 Å². The van der Waals surface area contributed by atoms with E-state index in [0.29, 0.717) is 0 Å². The van der Waals surface area contributed by atoms with Gasteiger partial charge in [0.2, 0.25) is 0 Å². The van der Waals surface area contributed by atoms with E-state index in [1.165, 1.54) is 139 Å². The molecule has 0 bridgehead atoms. The first-order chi connectivity index (χ1) is 43.3. The molecule has 3 aliphatic carbocycles. The molecule has 1 heteroatoms. The summed E-state index contributed by atoms with van der Waals surface area (Å²) < 4.78 is 0. The van der Waals surface area contributed by atoms with E-state index >= 15 is 0 Å². The zero-order chi connectivity index (χ0) is 65.7. The van der Waals surface area contributed by atoms with Crippen LogP contribution in [0.15, 0.2) is 212 Å². The molecule has 0 saturated carbocycles. The summed E-state index contributed by atoms with van der Waals surface area (Å²) in [5.41, 5.74) is 30.0. The monoisotopic (exact) mass is 1210 g/mol. The lowest BCUT2D eigenvalue weighted by Gasteiger charge is -2.39. The van der Waals surface area contributed by atoms with E-state index in [0.717, 1.165) is 12.8 Å². The zero-order valence-corrected chi connectivity index (χ0v) is 59.1. The molecule has 0 radical (unpaired) electrons. The Labute approximate surface area is 553 Å². The van der Waals surface area contributed by atoms with Crippen molar-refractivity contribution in [2.24, 2.45) is 0 Å². The molecule has 92 heavy (non-hydrogen) atoms. The zero-order valence-electron chi connectivity index (χ0n) is 59.1. The summed E-state index contributed by atoms with van der Waals surface area (Å²) in [6.45, 7) is 48.2. The third-order valence-corrected chi connectivity index (χ3v) is 21.8. The maximum absolute atomic E-state index is 2.89. The third-order valence-electron chi connectivity index (χ3n) is 21.8. The quantitative estimate of drug-likeness (QED) is 0.139. The third kappa shape index (κ3) is 9.58. The van der Waals surface area contributed by atoms with Crippen LogP contribution in [0.5, 0.6) is 0 Å². The molecular formula is C91H99N. The van der Waals surface area contributed by atoms with Crippen LogP contribution in [0.2, 0.25) is 0 Å². The Bertz CT molecular complexity index is 4190. The summed E-state index contributed by atoms with van der Waals surface area (Å²) in [5, 5.41) is 0. The first kappa shape index (κ1) is 62.8. The molecule has 0 amide bonds. The second-order valence-electron chi connectivity index (χ2n) is 33.6. The fourth-order valence-electron chi connectivity index (χ4n) is 16.4. The topological polar surface area (TPSA) is 3.24 Å². The van der Waals surface area contributed by atoms with Crippen molar-refractivity contribution < 1.29 is 0 Å². The molecular weight excluding hydrogens is 1110 g/mol. The van der Waals surface area contributed by atoms with Crippen molar-refractivity contribution in [1.82, 2.24) is 0 Å². The highest BCUT2D eigenvalue weighted by Crippen LogP contribution is 2.67. The first-order valence-corrected chi connectivity index (χ1v) is 34.4. The van der Waals surface area contributed by atoms with Crippen molar-refractivity contribution in [3.8, 4) is 33.4 Å². The van der Waals surface area contributed by atoms with E-state index in [9.17, 15) is 0 Å². The van der Waals surface area contributed by atoms with Crippen molar-refractivity contribution in [1.29, 1.82) is 0 Å². The van der Waals surface area contributed by atoms with Gasteiger partial charge in [0.25, 0.3) is 0 Å². The van der Waals surface area contributed by atoms with Crippen LogP contribution in [0.25, 0.3) is 33.4 Å². The average molecular weight is 1210 g/mol. The van der Waals surface area contributed by atoms with Crippen molar-refractivity contribution in [2.45, 2.75) is 200 Å². The van der Waals surface area contributed by atoms with Gasteiger partial charge < -0.3 is 4.90 Å². The lowest BCUT2D eigenvalue weighted by molar-refractivity contribution is 0.485. The summed E-state index contributed by atoms with van der Waals surface area (Å²) in [4.78, 5) is 2.89. The first-order valence-electron chi connectivity index (χ1n) is 34.4. The molecule has 0 heterocycles. The van der Waals surface area contributed by atoms with Crippen LogP contribution in [-0.4, -0.2) is 0 Å². The van der Waals surface area contributed by atoms with Gasteiger partial charge in [0.1, 0.15) is 0 Å². The van der Waals surface area contributed by atoms with Crippen LogP contribution in [0.3, 0.4) is 0 Å². The van der Waals surface area contributed by atoms with Gasteiger partial charge in [-0.2, -0.15) is 0 Å². The molecule has 0 N–H and O–H groups in total. The average Bonchev–Trinajstić information content (AvgIpc) is 1.52. The van der Waals surface area contributed by atoms with Crippen LogP contribution in [0.1, 0.15) is 240 Å². The number of hydrogen-bond donors (Lipinski definition) is 0. The Balaban J connectivity index is 1.33. The van der Waals surface area contributed by atoms with E-state index in [1.54, 1.807) is 0 Å². The molecule has 0 aliphatic heterocycles. The molecule has 0 spiro atoms. The van der Waals surface area contributed by atoms with E-state index < -0.39 is 10.8 Å². The number of benzene rings is 10. The summed E-state index contributed by atoms with van der Waals surface area (Å²) in [6, 6.07) is 84.8. The summed E-state index contributed by atoms with van der Waals surface area (Å²) in [7, 11) is 0. The Hall–Kier alpha value is -8.00. The maximum atomic E-state index is 2.89. The number of nitrogens with zero attached hydrogens (tertiary/aromatic N) is 1. The molecule has 0 saturated heterocycles. The largest absolute Gasteiger partial charge is 0.309 e. The van der Waals surface area contributed by atoms with Gasteiger partial charge >= 0.3 is 0 Å². The Morgan fingerprint density at radius 2 is 0.489 bits per heavy atom. The van der Waals surface area contributed by atoms with Crippen LogP contribution >= 0.6 is 0 Å². The second-order valence-corrected chi connectivity index (χ2v) is 33.6. The van der Waals surface area contributed by atoms with Crippen LogP contribution in [0.4, 0.5) is 17.1 Å².